The van der Waals surface area contributed by atoms with E-state index >= 15 is 0 Å². The maximum atomic E-state index is 13.9. The fourth-order valence-electron chi connectivity index (χ4n) is 2.99. The van der Waals surface area contributed by atoms with Crippen molar-refractivity contribution >= 4 is 11.8 Å². The molecule has 1 aromatic heterocycles. The first-order chi connectivity index (χ1) is 13.6. The number of nitrogens with zero attached hydrogens (tertiary/aromatic N) is 3. The van der Waals surface area contributed by atoms with Crippen LogP contribution in [0.3, 0.4) is 0 Å². The molecule has 0 saturated heterocycles. The van der Waals surface area contributed by atoms with Crippen molar-refractivity contribution in [2.45, 2.75) is 50.9 Å². The van der Waals surface area contributed by atoms with E-state index in [0.717, 1.165) is 12.5 Å². The van der Waals surface area contributed by atoms with Gasteiger partial charge in [-0.3, -0.25) is 9.59 Å². The van der Waals surface area contributed by atoms with E-state index in [-0.39, 0.29) is 24.0 Å². The molecule has 1 fully saturated rings. The molecule has 2 amide bonds. The van der Waals surface area contributed by atoms with Crippen molar-refractivity contribution in [2.24, 2.45) is 5.73 Å². The van der Waals surface area contributed by atoms with Gasteiger partial charge in [-0.2, -0.15) is 13.2 Å². The highest BCUT2D eigenvalue weighted by Crippen LogP contribution is 2.34. The highest BCUT2D eigenvalue weighted by atomic mass is 19.4. The van der Waals surface area contributed by atoms with Crippen molar-refractivity contribution in [3.63, 3.8) is 0 Å². The van der Waals surface area contributed by atoms with Crippen LogP contribution in [0.5, 0.6) is 0 Å². The van der Waals surface area contributed by atoms with Crippen LogP contribution in [0.1, 0.15) is 65.7 Å². The molecule has 1 atom stereocenters. The predicted octanol–water partition coefficient (Wildman–Crippen LogP) is 2.68. The number of aromatic nitrogens is 3. The van der Waals surface area contributed by atoms with E-state index in [1.54, 1.807) is 0 Å². The number of halogens is 4. The molecule has 156 valence electrons. The molecule has 11 heteroatoms. The van der Waals surface area contributed by atoms with Gasteiger partial charge in [-0.15, -0.1) is 5.10 Å². The van der Waals surface area contributed by atoms with E-state index in [4.69, 9.17) is 5.73 Å². The Morgan fingerprint density at radius 2 is 2.03 bits per heavy atom. The zero-order chi connectivity index (χ0) is 21.3. The van der Waals surface area contributed by atoms with Gasteiger partial charge in [-0.25, -0.2) is 14.1 Å². The molecule has 1 heterocycles. The molecule has 0 radical (unpaired) electrons. The predicted molar refractivity (Wildman–Crippen MR) is 93.1 cm³/mol. The molecule has 7 nitrogen and oxygen atoms in total. The average molecular weight is 413 g/mol. The summed E-state index contributed by atoms with van der Waals surface area (Å²) in [6, 6.07) is 3.44. The first kappa shape index (κ1) is 20.7. The normalized spacial score (nSPS) is 15.6. The van der Waals surface area contributed by atoms with Gasteiger partial charge in [0.15, 0.2) is 0 Å². The summed E-state index contributed by atoms with van der Waals surface area (Å²) in [6.07, 6.45) is -2.39. The van der Waals surface area contributed by atoms with E-state index in [9.17, 15) is 27.2 Å². The third kappa shape index (κ3) is 4.38. The lowest BCUT2D eigenvalue weighted by Gasteiger charge is -2.26. The molecule has 1 saturated carbocycles. The number of hydrogen-bond donors (Lipinski definition) is 2. The molecule has 1 unspecified atom stereocenters. The molecule has 0 spiro atoms. The van der Waals surface area contributed by atoms with Gasteiger partial charge in [-0.1, -0.05) is 6.07 Å². The quantitative estimate of drug-likeness (QED) is 0.711. The number of benzene rings is 1. The van der Waals surface area contributed by atoms with Crippen molar-refractivity contribution in [3.05, 3.63) is 46.8 Å². The first-order valence-corrected chi connectivity index (χ1v) is 8.97. The maximum Gasteiger partial charge on any atom is 0.453 e. The smallest absolute Gasteiger partial charge is 0.366 e. The Labute approximate surface area is 163 Å². The number of amides is 2. The van der Waals surface area contributed by atoms with Crippen molar-refractivity contribution in [2.75, 3.05) is 0 Å². The van der Waals surface area contributed by atoms with E-state index in [1.165, 1.54) is 23.7 Å². The molecule has 3 rings (SSSR count). The Kier molecular flexibility index (Phi) is 5.58. The lowest BCUT2D eigenvalue weighted by atomic mass is 9.93. The summed E-state index contributed by atoms with van der Waals surface area (Å²) in [5.41, 5.74) is 5.04. The minimum atomic E-state index is -4.68. The van der Waals surface area contributed by atoms with Crippen LogP contribution in [-0.2, 0) is 17.5 Å². The van der Waals surface area contributed by atoms with Gasteiger partial charge >= 0.3 is 6.18 Å². The monoisotopic (exact) mass is 413 g/mol. The van der Waals surface area contributed by atoms with Gasteiger partial charge in [0.1, 0.15) is 11.6 Å². The number of carbonyl (C=O) groups excluding carboxylic acids is 2. The second-order valence-corrected chi connectivity index (χ2v) is 6.92. The van der Waals surface area contributed by atoms with Crippen LogP contribution >= 0.6 is 0 Å². The van der Waals surface area contributed by atoms with Crippen LogP contribution < -0.4 is 11.1 Å². The summed E-state index contributed by atoms with van der Waals surface area (Å²) in [5.74, 6) is -4.36. The van der Waals surface area contributed by atoms with Crippen molar-refractivity contribution < 1.29 is 27.2 Å². The van der Waals surface area contributed by atoms with Gasteiger partial charge in [-0.05, 0) is 43.9 Å². The number of hydrogen-bond acceptors (Lipinski definition) is 4. The Bertz CT molecular complexity index is 937. The molecule has 3 N–H and O–H groups in total. The number of nitrogens with two attached hydrogens (primary N) is 1. The summed E-state index contributed by atoms with van der Waals surface area (Å²) >= 11 is 0. The highest BCUT2D eigenvalue weighted by Gasteiger charge is 2.38. The maximum absolute atomic E-state index is 13.9. The van der Waals surface area contributed by atoms with Crippen molar-refractivity contribution in [1.82, 2.24) is 20.1 Å². The van der Waals surface area contributed by atoms with Crippen LogP contribution in [0.2, 0.25) is 0 Å². The van der Waals surface area contributed by atoms with Crippen molar-refractivity contribution in [1.29, 1.82) is 0 Å². The standard InChI is InChI=1S/C18H19F4N5O2/c1-9(10-5-6-12(15(23)28)13(19)7-10)16(29)24-8-14-25-17(18(20,21)22)26-27(14)11-3-2-4-11/h5-7,9,11H,2-4,8H2,1H3,(H2,23,28)(H,24,29). The highest BCUT2D eigenvalue weighted by molar-refractivity contribution is 5.93. The Morgan fingerprint density at radius 1 is 1.34 bits per heavy atom. The summed E-state index contributed by atoms with van der Waals surface area (Å²) in [5, 5.41) is 6.08. The SMILES string of the molecule is CC(C(=O)NCc1nc(C(F)(F)F)nn1C1CCC1)c1ccc(C(N)=O)c(F)c1. The average Bonchev–Trinajstić information content (AvgIpc) is 3.01. The van der Waals surface area contributed by atoms with Crippen LogP contribution in [-0.4, -0.2) is 26.6 Å². The van der Waals surface area contributed by atoms with Crippen molar-refractivity contribution in [3.8, 4) is 0 Å². The van der Waals surface area contributed by atoms with Gasteiger partial charge in [0.2, 0.25) is 5.91 Å². The molecular weight excluding hydrogens is 394 g/mol. The Hall–Kier alpha value is -2.98. The Balaban J connectivity index is 1.72. The summed E-state index contributed by atoms with van der Waals surface area (Å²) < 4.78 is 54.0. The topological polar surface area (TPSA) is 103 Å². The first-order valence-electron chi connectivity index (χ1n) is 8.97. The number of rotatable bonds is 6. The third-order valence-corrected chi connectivity index (χ3v) is 4.95. The van der Waals surface area contributed by atoms with Crippen LogP contribution in [0.15, 0.2) is 18.2 Å². The number of primary amides is 1. The van der Waals surface area contributed by atoms with Gasteiger partial charge in [0, 0.05) is 0 Å². The summed E-state index contributed by atoms with van der Waals surface area (Å²) in [6.45, 7) is 1.26. The lowest BCUT2D eigenvalue weighted by molar-refractivity contribution is -0.145. The molecule has 29 heavy (non-hydrogen) atoms. The van der Waals surface area contributed by atoms with E-state index in [2.05, 4.69) is 15.4 Å². The molecule has 0 aliphatic heterocycles. The minimum absolute atomic E-state index is 0.0119. The fraction of sp³-hybridized carbons (Fsp3) is 0.444. The molecular formula is C18H19F4N5O2. The molecule has 1 aliphatic carbocycles. The van der Waals surface area contributed by atoms with E-state index in [0.29, 0.717) is 18.4 Å². The van der Waals surface area contributed by atoms with E-state index < -0.39 is 35.6 Å². The lowest BCUT2D eigenvalue weighted by Crippen LogP contribution is -2.30. The second kappa shape index (κ2) is 7.80. The van der Waals surface area contributed by atoms with Crippen LogP contribution in [0.25, 0.3) is 0 Å². The van der Waals surface area contributed by atoms with Crippen LogP contribution in [0.4, 0.5) is 17.6 Å². The molecule has 1 aromatic carbocycles. The number of nitrogens with one attached hydrogen (secondary N) is 1. The third-order valence-electron chi connectivity index (χ3n) is 4.95. The zero-order valence-corrected chi connectivity index (χ0v) is 15.5. The van der Waals surface area contributed by atoms with Gasteiger partial charge < -0.3 is 11.1 Å². The largest absolute Gasteiger partial charge is 0.453 e. The molecule has 2 aromatic rings. The van der Waals surface area contributed by atoms with Gasteiger partial charge in [0.05, 0.1) is 24.1 Å². The zero-order valence-electron chi connectivity index (χ0n) is 15.5. The minimum Gasteiger partial charge on any atom is -0.366 e. The summed E-state index contributed by atoms with van der Waals surface area (Å²) in [4.78, 5) is 27.0. The second-order valence-electron chi connectivity index (χ2n) is 6.92. The Morgan fingerprint density at radius 3 is 2.55 bits per heavy atom. The number of alkyl halides is 3. The van der Waals surface area contributed by atoms with Gasteiger partial charge in [0.25, 0.3) is 11.7 Å². The van der Waals surface area contributed by atoms with Crippen LogP contribution in [0, 0.1) is 5.82 Å². The summed E-state index contributed by atoms with van der Waals surface area (Å²) in [7, 11) is 0. The van der Waals surface area contributed by atoms with E-state index in [1.807, 2.05) is 0 Å². The molecule has 1 aliphatic rings. The fourth-order valence-corrected chi connectivity index (χ4v) is 2.99. The molecule has 0 bridgehead atoms. The number of carbonyl (C=O) groups is 2.